The smallest absolute Gasteiger partial charge is 0.142 e. The van der Waals surface area contributed by atoms with Gasteiger partial charge in [0.2, 0.25) is 0 Å². The first-order chi connectivity index (χ1) is 8.67. The number of hydrogen-bond acceptors (Lipinski definition) is 2. The molecule has 1 heterocycles. The number of aryl methyl sites for hydroxylation is 1. The molecule has 4 heteroatoms. The summed E-state index contributed by atoms with van der Waals surface area (Å²) in [5.74, 6) is 0.406. The summed E-state index contributed by atoms with van der Waals surface area (Å²) in [4.78, 5) is 8.32. The Morgan fingerprint density at radius 3 is 3.00 bits per heavy atom. The van der Waals surface area contributed by atoms with Gasteiger partial charge in [-0.05, 0) is 19.1 Å². The van der Waals surface area contributed by atoms with Gasteiger partial charge in [0.05, 0.1) is 11.0 Å². The Bertz CT molecular complexity index is 638. The fourth-order valence-corrected chi connectivity index (χ4v) is 1.87. The highest BCUT2D eigenvalue weighted by molar-refractivity contribution is 6.08. The third-order valence-corrected chi connectivity index (χ3v) is 2.65. The third-order valence-electron chi connectivity index (χ3n) is 2.65. The van der Waals surface area contributed by atoms with E-state index in [0.29, 0.717) is 16.9 Å². The van der Waals surface area contributed by atoms with Crippen LogP contribution in [0.1, 0.15) is 12.7 Å². The van der Waals surface area contributed by atoms with E-state index in [9.17, 15) is 4.39 Å². The molecule has 0 saturated carbocycles. The van der Waals surface area contributed by atoms with Crippen molar-refractivity contribution in [2.24, 2.45) is 4.99 Å². The molecule has 0 aliphatic heterocycles. The first-order valence-electron chi connectivity index (χ1n) is 5.66. The zero-order valence-electron chi connectivity index (χ0n) is 10.2. The van der Waals surface area contributed by atoms with Crippen molar-refractivity contribution in [3.05, 3.63) is 49.2 Å². The summed E-state index contributed by atoms with van der Waals surface area (Å²) in [5, 5.41) is 0. The number of allylic oxidation sites excluding steroid dienone is 1. The number of halogens is 1. The SMILES string of the molecule is C=CN=CC(=C)c1nc2cc(F)ccc2n1CC. The van der Waals surface area contributed by atoms with Crippen LogP contribution in [0.5, 0.6) is 0 Å². The van der Waals surface area contributed by atoms with Crippen LogP contribution < -0.4 is 0 Å². The molecule has 2 rings (SSSR count). The Morgan fingerprint density at radius 2 is 2.33 bits per heavy atom. The highest BCUT2D eigenvalue weighted by Crippen LogP contribution is 2.21. The van der Waals surface area contributed by atoms with Gasteiger partial charge in [-0.2, -0.15) is 0 Å². The first kappa shape index (κ1) is 12.2. The molecule has 1 aromatic carbocycles. The van der Waals surface area contributed by atoms with Gasteiger partial charge in [0, 0.05) is 30.6 Å². The molecule has 92 valence electrons. The van der Waals surface area contributed by atoms with Crippen LogP contribution in [-0.2, 0) is 6.54 Å². The summed E-state index contributed by atoms with van der Waals surface area (Å²) in [6.45, 7) is 10.2. The van der Waals surface area contributed by atoms with E-state index in [0.717, 1.165) is 12.1 Å². The molecule has 0 N–H and O–H groups in total. The molecule has 18 heavy (non-hydrogen) atoms. The van der Waals surface area contributed by atoms with Gasteiger partial charge in [-0.3, -0.25) is 4.99 Å². The second kappa shape index (κ2) is 4.96. The van der Waals surface area contributed by atoms with Gasteiger partial charge in [-0.25, -0.2) is 9.37 Å². The van der Waals surface area contributed by atoms with Crippen LogP contribution in [0, 0.1) is 5.82 Å². The zero-order chi connectivity index (χ0) is 13.1. The fraction of sp³-hybridized carbons (Fsp3) is 0.143. The molecular weight excluding hydrogens is 229 g/mol. The molecule has 0 spiro atoms. The number of aromatic nitrogens is 2. The highest BCUT2D eigenvalue weighted by atomic mass is 19.1. The molecule has 0 amide bonds. The summed E-state index contributed by atoms with van der Waals surface area (Å²) in [5.41, 5.74) is 2.19. The molecule has 0 radical (unpaired) electrons. The van der Waals surface area contributed by atoms with Crippen molar-refractivity contribution in [1.29, 1.82) is 0 Å². The molecular formula is C14H14FN3. The standard InChI is InChI=1S/C14H14FN3/c1-4-16-9-10(3)14-17-12-8-11(15)6-7-13(12)18(14)5-2/h4,6-9H,1,3,5H2,2H3. The van der Waals surface area contributed by atoms with Gasteiger partial charge in [-0.15, -0.1) is 0 Å². The number of aliphatic imine (C=N–C) groups is 1. The van der Waals surface area contributed by atoms with Crippen LogP contribution in [0.15, 0.2) is 42.5 Å². The van der Waals surface area contributed by atoms with Crippen LogP contribution in [0.3, 0.4) is 0 Å². The van der Waals surface area contributed by atoms with Crippen LogP contribution >= 0.6 is 0 Å². The lowest BCUT2D eigenvalue weighted by atomic mass is 10.3. The summed E-state index contributed by atoms with van der Waals surface area (Å²) in [7, 11) is 0. The monoisotopic (exact) mass is 243 g/mol. The van der Waals surface area contributed by atoms with E-state index >= 15 is 0 Å². The Balaban J connectivity index is 2.60. The lowest BCUT2D eigenvalue weighted by Crippen LogP contribution is -2.01. The number of rotatable bonds is 4. The first-order valence-corrected chi connectivity index (χ1v) is 5.66. The van der Waals surface area contributed by atoms with Crippen LogP contribution in [0.25, 0.3) is 16.6 Å². The van der Waals surface area contributed by atoms with E-state index in [1.807, 2.05) is 11.5 Å². The predicted molar refractivity (Wildman–Crippen MR) is 73.1 cm³/mol. The van der Waals surface area contributed by atoms with E-state index in [1.165, 1.54) is 18.3 Å². The lowest BCUT2D eigenvalue weighted by molar-refractivity contribution is 0.629. The molecule has 0 unspecified atom stereocenters. The van der Waals surface area contributed by atoms with Gasteiger partial charge < -0.3 is 4.57 Å². The number of benzene rings is 1. The maximum atomic E-state index is 13.2. The average Bonchev–Trinajstić information content (AvgIpc) is 2.73. The minimum atomic E-state index is -0.292. The normalized spacial score (nSPS) is 11.2. The Kier molecular flexibility index (Phi) is 3.37. The van der Waals surface area contributed by atoms with Crippen LogP contribution in [-0.4, -0.2) is 15.8 Å². The van der Waals surface area contributed by atoms with Crippen molar-refractivity contribution < 1.29 is 4.39 Å². The fourth-order valence-electron chi connectivity index (χ4n) is 1.87. The molecule has 1 aromatic heterocycles. The predicted octanol–water partition coefficient (Wildman–Crippen LogP) is 3.42. The number of fused-ring (bicyclic) bond motifs is 1. The Labute approximate surface area is 105 Å². The van der Waals surface area contributed by atoms with Crippen molar-refractivity contribution in [1.82, 2.24) is 9.55 Å². The van der Waals surface area contributed by atoms with Crippen molar-refractivity contribution >= 4 is 22.8 Å². The Hall–Kier alpha value is -2.23. The average molecular weight is 243 g/mol. The molecule has 2 aromatic rings. The van der Waals surface area contributed by atoms with Crippen LogP contribution in [0.2, 0.25) is 0 Å². The quantitative estimate of drug-likeness (QED) is 0.757. The topological polar surface area (TPSA) is 30.2 Å². The third kappa shape index (κ3) is 2.09. The second-order valence-electron chi connectivity index (χ2n) is 3.80. The largest absolute Gasteiger partial charge is 0.324 e. The lowest BCUT2D eigenvalue weighted by Gasteiger charge is -2.04. The highest BCUT2D eigenvalue weighted by Gasteiger charge is 2.11. The molecule has 0 fully saturated rings. The molecule has 0 bridgehead atoms. The van der Waals surface area contributed by atoms with Gasteiger partial charge in [0.1, 0.15) is 11.6 Å². The van der Waals surface area contributed by atoms with Crippen molar-refractivity contribution in [3.63, 3.8) is 0 Å². The zero-order valence-corrected chi connectivity index (χ0v) is 10.2. The van der Waals surface area contributed by atoms with E-state index in [4.69, 9.17) is 0 Å². The minimum Gasteiger partial charge on any atom is -0.324 e. The van der Waals surface area contributed by atoms with Crippen molar-refractivity contribution in [2.75, 3.05) is 0 Å². The summed E-state index contributed by atoms with van der Waals surface area (Å²) < 4.78 is 15.2. The molecule has 0 aliphatic rings. The maximum Gasteiger partial charge on any atom is 0.142 e. The number of imidazole rings is 1. The van der Waals surface area contributed by atoms with Gasteiger partial charge in [0.15, 0.2) is 0 Å². The van der Waals surface area contributed by atoms with E-state index < -0.39 is 0 Å². The molecule has 3 nitrogen and oxygen atoms in total. The second-order valence-corrected chi connectivity index (χ2v) is 3.80. The van der Waals surface area contributed by atoms with Gasteiger partial charge in [-0.1, -0.05) is 13.2 Å². The Morgan fingerprint density at radius 1 is 1.56 bits per heavy atom. The van der Waals surface area contributed by atoms with E-state index in [1.54, 1.807) is 12.3 Å². The van der Waals surface area contributed by atoms with E-state index in [-0.39, 0.29) is 5.82 Å². The van der Waals surface area contributed by atoms with Gasteiger partial charge in [0.25, 0.3) is 0 Å². The van der Waals surface area contributed by atoms with Crippen molar-refractivity contribution in [3.8, 4) is 0 Å². The minimum absolute atomic E-state index is 0.292. The molecule has 0 saturated heterocycles. The van der Waals surface area contributed by atoms with Gasteiger partial charge >= 0.3 is 0 Å². The van der Waals surface area contributed by atoms with E-state index in [2.05, 4.69) is 23.1 Å². The maximum absolute atomic E-state index is 13.2. The van der Waals surface area contributed by atoms with Crippen molar-refractivity contribution in [2.45, 2.75) is 13.5 Å². The number of nitrogens with zero attached hydrogens (tertiary/aromatic N) is 3. The number of hydrogen-bond donors (Lipinski definition) is 0. The van der Waals surface area contributed by atoms with Crippen LogP contribution in [0.4, 0.5) is 4.39 Å². The summed E-state index contributed by atoms with van der Waals surface area (Å²) in [6.07, 6.45) is 3.03. The molecule has 0 aliphatic carbocycles. The summed E-state index contributed by atoms with van der Waals surface area (Å²) >= 11 is 0. The summed E-state index contributed by atoms with van der Waals surface area (Å²) in [6, 6.07) is 4.58. The molecule has 0 atom stereocenters.